The van der Waals surface area contributed by atoms with Crippen molar-refractivity contribution in [2.75, 3.05) is 12.3 Å². The molecule has 10 heteroatoms. The van der Waals surface area contributed by atoms with Crippen LogP contribution in [0, 0.1) is 5.82 Å². The highest BCUT2D eigenvalue weighted by atomic mass is 79.9. The summed E-state index contributed by atoms with van der Waals surface area (Å²) in [5, 5.41) is 4.04. The van der Waals surface area contributed by atoms with Crippen molar-refractivity contribution in [3.05, 3.63) is 34.6 Å². The van der Waals surface area contributed by atoms with E-state index in [0.717, 1.165) is 12.1 Å². The summed E-state index contributed by atoms with van der Waals surface area (Å²) in [4.78, 5) is 3.87. The van der Waals surface area contributed by atoms with Gasteiger partial charge < -0.3 is 5.73 Å². The molecule has 0 spiro atoms. The predicted octanol–water partition coefficient (Wildman–Crippen LogP) is 0.820. The van der Waals surface area contributed by atoms with Crippen molar-refractivity contribution in [1.82, 2.24) is 19.5 Å². The van der Waals surface area contributed by atoms with Crippen molar-refractivity contribution < 1.29 is 12.8 Å². The quantitative estimate of drug-likeness (QED) is 0.750. The number of halogens is 2. The summed E-state index contributed by atoms with van der Waals surface area (Å²) >= 11 is 3.01. The molecular weight excluding hydrogens is 365 g/mol. The van der Waals surface area contributed by atoms with Crippen LogP contribution in [-0.4, -0.2) is 29.7 Å². The van der Waals surface area contributed by atoms with Gasteiger partial charge in [0.15, 0.2) is 5.82 Å². The molecule has 114 valence electrons. The number of benzene rings is 1. The average Bonchev–Trinajstić information content (AvgIpc) is 2.79. The van der Waals surface area contributed by atoms with Crippen LogP contribution in [0.3, 0.4) is 0 Å². The molecule has 0 atom stereocenters. The van der Waals surface area contributed by atoms with Crippen molar-refractivity contribution in [2.24, 2.45) is 7.05 Å². The largest absolute Gasteiger partial charge is 0.396 e. The summed E-state index contributed by atoms with van der Waals surface area (Å²) in [5.74, 6) is -0.156. The summed E-state index contributed by atoms with van der Waals surface area (Å²) in [6, 6.07) is 2.09. The Morgan fingerprint density at radius 1 is 1.48 bits per heavy atom. The number of sulfonamides is 1. The Labute approximate surface area is 129 Å². The summed E-state index contributed by atoms with van der Waals surface area (Å²) in [6.07, 6.45) is 1.87. The van der Waals surface area contributed by atoms with Gasteiger partial charge in [-0.25, -0.2) is 22.5 Å². The number of aromatic nitrogens is 3. The van der Waals surface area contributed by atoms with Crippen LogP contribution in [0.15, 0.2) is 27.8 Å². The summed E-state index contributed by atoms with van der Waals surface area (Å²) < 4.78 is 41.6. The first-order chi connectivity index (χ1) is 9.79. The molecule has 2 rings (SSSR count). The Morgan fingerprint density at radius 3 is 2.81 bits per heavy atom. The van der Waals surface area contributed by atoms with E-state index in [1.807, 2.05) is 0 Å². The van der Waals surface area contributed by atoms with Crippen LogP contribution in [0.4, 0.5) is 10.1 Å². The second kappa shape index (κ2) is 6.08. The highest BCUT2D eigenvalue weighted by molar-refractivity contribution is 9.10. The first kappa shape index (κ1) is 15.9. The molecule has 0 unspecified atom stereocenters. The number of rotatable bonds is 5. The Bertz CT molecular complexity index is 762. The van der Waals surface area contributed by atoms with Crippen molar-refractivity contribution in [3.8, 4) is 0 Å². The lowest BCUT2D eigenvalue weighted by Gasteiger charge is -2.09. The maximum Gasteiger partial charge on any atom is 0.241 e. The van der Waals surface area contributed by atoms with E-state index in [0.29, 0.717) is 12.2 Å². The number of nitrogens with one attached hydrogen (secondary N) is 1. The Morgan fingerprint density at radius 2 is 2.19 bits per heavy atom. The maximum absolute atomic E-state index is 13.2. The standard InChI is InChI=1S/C11H13BrFN5O2S/c1-18-6-15-11(17-18)2-3-16-21(19,20)10-5-9(14)8(13)4-7(10)12/h4-6,16H,2-3,14H2,1H3. The molecule has 21 heavy (non-hydrogen) atoms. The Hall–Kier alpha value is -1.52. The second-order valence-corrected chi connectivity index (χ2v) is 6.88. The normalized spacial score (nSPS) is 11.8. The van der Waals surface area contributed by atoms with E-state index >= 15 is 0 Å². The number of nitrogens with zero attached hydrogens (tertiary/aromatic N) is 3. The zero-order valence-electron chi connectivity index (χ0n) is 11.0. The zero-order chi connectivity index (χ0) is 15.6. The fraction of sp³-hybridized carbons (Fsp3) is 0.273. The molecule has 0 amide bonds. The highest BCUT2D eigenvalue weighted by Crippen LogP contribution is 2.26. The fourth-order valence-electron chi connectivity index (χ4n) is 1.62. The van der Waals surface area contributed by atoms with E-state index in [9.17, 15) is 12.8 Å². The fourth-order valence-corrected chi connectivity index (χ4v) is 3.70. The first-order valence-electron chi connectivity index (χ1n) is 5.88. The number of aryl methyl sites for hydroxylation is 1. The molecule has 7 nitrogen and oxygen atoms in total. The molecule has 0 aliphatic carbocycles. The van der Waals surface area contributed by atoms with Gasteiger partial charge >= 0.3 is 0 Å². The van der Waals surface area contributed by atoms with Gasteiger partial charge in [0.05, 0.1) is 10.6 Å². The molecule has 0 radical (unpaired) electrons. The SMILES string of the molecule is Cn1cnc(CCNS(=O)(=O)c2cc(N)c(F)cc2Br)n1. The average molecular weight is 378 g/mol. The molecule has 1 heterocycles. The summed E-state index contributed by atoms with van der Waals surface area (Å²) in [5.41, 5.74) is 5.17. The third-order valence-electron chi connectivity index (χ3n) is 2.63. The van der Waals surface area contributed by atoms with Gasteiger partial charge in [-0.2, -0.15) is 5.10 Å². The zero-order valence-corrected chi connectivity index (χ0v) is 13.4. The number of nitrogens with two attached hydrogens (primary N) is 1. The molecule has 1 aromatic carbocycles. The van der Waals surface area contributed by atoms with Crippen LogP contribution in [0.1, 0.15) is 5.82 Å². The molecular formula is C11H13BrFN5O2S. The van der Waals surface area contributed by atoms with Gasteiger partial charge in [-0.3, -0.25) is 4.68 Å². The number of anilines is 1. The van der Waals surface area contributed by atoms with E-state index in [1.54, 1.807) is 7.05 Å². The van der Waals surface area contributed by atoms with Crippen LogP contribution >= 0.6 is 15.9 Å². The Balaban J connectivity index is 2.10. The third kappa shape index (κ3) is 3.77. The molecule has 0 saturated carbocycles. The number of nitrogen functional groups attached to an aromatic ring is 1. The lowest BCUT2D eigenvalue weighted by molar-refractivity contribution is 0.579. The van der Waals surface area contributed by atoms with Gasteiger partial charge in [0.1, 0.15) is 12.1 Å². The molecule has 1 aromatic heterocycles. The lowest BCUT2D eigenvalue weighted by atomic mass is 10.3. The van der Waals surface area contributed by atoms with E-state index < -0.39 is 15.8 Å². The monoisotopic (exact) mass is 377 g/mol. The van der Waals surface area contributed by atoms with Gasteiger partial charge in [-0.05, 0) is 28.1 Å². The third-order valence-corrected chi connectivity index (χ3v) is 5.05. The van der Waals surface area contributed by atoms with Crippen molar-refractivity contribution in [3.63, 3.8) is 0 Å². The predicted molar refractivity (Wildman–Crippen MR) is 78.4 cm³/mol. The van der Waals surface area contributed by atoms with Crippen LogP contribution in [-0.2, 0) is 23.5 Å². The van der Waals surface area contributed by atoms with Crippen LogP contribution in [0.2, 0.25) is 0 Å². The van der Waals surface area contributed by atoms with E-state index in [-0.39, 0.29) is 21.6 Å². The van der Waals surface area contributed by atoms with E-state index in [4.69, 9.17) is 5.73 Å². The van der Waals surface area contributed by atoms with Crippen LogP contribution in [0.25, 0.3) is 0 Å². The van der Waals surface area contributed by atoms with Gasteiger partial charge in [-0.15, -0.1) is 0 Å². The second-order valence-electron chi connectivity index (χ2n) is 4.29. The maximum atomic E-state index is 13.2. The molecule has 0 aliphatic rings. The Kier molecular flexibility index (Phi) is 4.59. The van der Waals surface area contributed by atoms with E-state index in [1.165, 1.54) is 11.0 Å². The minimum atomic E-state index is -3.80. The molecule has 2 aromatic rings. The van der Waals surface area contributed by atoms with Crippen molar-refractivity contribution >= 4 is 31.6 Å². The van der Waals surface area contributed by atoms with Gasteiger partial charge in [0.25, 0.3) is 0 Å². The topological polar surface area (TPSA) is 103 Å². The van der Waals surface area contributed by atoms with Crippen molar-refractivity contribution in [2.45, 2.75) is 11.3 Å². The van der Waals surface area contributed by atoms with Gasteiger partial charge in [0.2, 0.25) is 10.0 Å². The number of hydrogen-bond acceptors (Lipinski definition) is 5. The molecule has 3 N–H and O–H groups in total. The van der Waals surface area contributed by atoms with Crippen molar-refractivity contribution in [1.29, 1.82) is 0 Å². The van der Waals surface area contributed by atoms with Gasteiger partial charge in [-0.1, -0.05) is 0 Å². The van der Waals surface area contributed by atoms with Gasteiger partial charge in [0, 0.05) is 24.5 Å². The molecule has 0 aliphatic heterocycles. The van der Waals surface area contributed by atoms with Crippen LogP contribution in [0.5, 0.6) is 0 Å². The molecule has 0 saturated heterocycles. The summed E-state index contributed by atoms with van der Waals surface area (Å²) in [6.45, 7) is 0.121. The lowest BCUT2D eigenvalue weighted by Crippen LogP contribution is -2.26. The van der Waals surface area contributed by atoms with E-state index in [2.05, 4.69) is 30.7 Å². The summed E-state index contributed by atoms with van der Waals surface area (Å²) in [7, 11) is -2.08. The molecule has 0 fully saturated rings. The number of hydrogen-bond donors (Lipinski definition) is 2. The highest BCUT2D eigenvalue weighted by Gasteiger charge is 2.19. The smallest absolute Gasteiger partial charge is 0.241 e. The first-order valence-corrected chi connectivity index (χ1v) is 8.16. The molecule has 0 bridgehead atoms. The van der Waals surface area contributed by atoms with Crippen LogP contribution < -0.4 is 10.5 Å². The minimum absolute atomic E-state index is 0.109. The minimum Gasteiger partial charge on any atom is -0.396 e.